The Morgan fingerprint density at radius 2 is 1.91 bits per heavy atom. The second-order valence-electron chi connectivity index (χ2n) is 7.52. The first kappa shape index (κ1) is 21.9. The molecule has 0 fully saturated rings. The molecule has 3 aromatic heterocycles. The van der Waals surface area contributed by atoms with Gasteiger partial charge in [0.1, 0.15) is 12.3 Å². The number of methoxy groups -OCH3 is 2. The molecule has 0 bridgehead atoms. The van der Waals surface area contributed by atoms with Gasteiger partial charge in [0, 0.05) is 24.0 Å². The first-order chi connectivity index (χ1) is 15.1. The number of hydrogen-bond donors (Lipinski definition) is 1. The van der Waals surface area contributed by atoms with Crippen molar-refractivity contribution in [1.29, 1.82) is 0 Å². The van der Waals surface area contributed by atoms with E-state index in [0.29, 0.717) is 39.8 Å². The Hall–Kier alpha value is -3.34. The van der Waals surface area contributed by atoms with Crippen LogP contribution in [-0.2, 0) is 6.54 Å². The largest absolute Gasteiger partial charge is 0.496 e. The number of rotatable bonds is 5. The second kappa shape index (κ2) is 7.97. The van der Waals surface area contributed by atoms with E-state index in [1.54, 1.807) is 17.2 Å². The van der Waals surface area contributed by atoms with Gasteiger partial charge in [0.2, 0.25) is 5.88 Å². The third-order valence-electron chi connectivity index (χ3n) is 5.43. The lowest BCUT2D eigenvalue weighted by molar-refractivity contribution is -0.142. The Labute approximate surface area is 182 Å². The molecule has 1 N–H and O–H groups in total. The molecule has 170 valence electrons. The first-order valence-electron chi connectivity index (χ1n) is 9.78. The molecule has 0 spiro atoms. The van der Waals surface area contributed by atoms with Gasteiger partial charge < -0.3 is 19.5 Å². The zero-order valence-corrected chi connectivity index (χ0v) is 17.9. The Bertz CT molecular complexity index is 1150. The van der Waals surface area contributed by atoms with Gasteiger partial charge in [0.05, 0.1) is 49.1 Å². The average Bonchev–Trinajstić information content (AvgIpc) is 3.28. The normalized spacial score (nSPS) is 18.1. The fraction of sp³-hybridized carbons (Fsp3) is 0.381. The number of aryl methyl sites for hydroxylation is 1. The van der Waals surface area contributed by atoms with Gasteiger partial charge in [-0.15, -0.1) is 0 Å². The van der Waals surface area contributed by atoms with Crippen molar-refractivity contribution in [3.63, 3.8) is 0 Å². The van der Waals surface area contributed by atoms with Crippen molar-refractivity contribution in [1.82, 2.24) is 19.7 Å². The van der Waals surface area contributed by atoms with Crippen molar-refractivity contribution < 1.29 is 27.8 Å². The van der Waals surface area contributed by atoms with Gasteiger partial charge in [0.15, 0.2) is 6.23 Å². The van der Waals surface area contributed by atoms with Crippen molar-refractivity contribution >= 4 is 5.69 Å². The van der Waals surface area contributed by atoms with Crippen LogP contribution in [0.1, 0.15) is 36.0 Å². The van der Waals surface area contributed by atoms with Crippen LogP contribution in [0.4, 0.5) is 18.9 Å². The standard InChI is InChI=1S/C21H22F3N5O3/c1-11-5-15(14-8-25-17(32-4)6-16(14)31-3)27-19-12(2)29(20(30)18(11)19)13-7-26-28(9-13)10-21(22,23)24/h5-9,12,20,30H,10H2,1-4H3. The lowest BCUT2D eigenvalue weighted by Crippen LogP contribution is -2.24. The Morgan fingerprint density at radius 1 is 1.16 bits per heavy atom. The Morgan fingerprint density at radius 3 is 2.56 bits per heavy atom. The highest BCUT2D eigenvalue weighted by Crippen LogP contribution is 2.45. The molecule has 0 aromatic carbocycles. The van der Waals surface area contributed by atoms with Crippen LogP contribution < -0.4 is 14.4 Å². The number of ether oxygens (including phenoxy) is 2. The minimum Gasteiger partial charge on any atom is -0.496 e. The monoisotopic (exact) mass is 449 g/mol. The summed E-state index contributed by atoms with van der Waals surface area (Å²) in [7, 11) is 3.04. The number of aliphatic hydroxyl groups is 1. The smallest absolute Gasteiger partial charge is 0.408 e. The fourth-order valence-corrected chi connectivity index (χ4v) is 3.99. The molecular formula is C21H22F3N5O3. The highest BCUT2D eigenvalue weighted by Gasteiger charge is 2.39. The number of hydrogen-bond acceptors (Lipinski definition) is 7. The second-order valence-corrected chi connectivity index (χ2v) is 7.52. The third kappa shape index (κ3) is 3.83. The van der Waals surface area contributed by atoms with Crippen LogP contribution in [-0.4, -0.2) is 45.3 Å². The van der Waals surface area contributed by atoms with Gasteiger partial charge in [-0.2, -0.15) is 18.3 Å². The van der Waals surface area contributed by atoms with E-state index in [1.165, 1.54) is 26.6 Å². The van der Waals surface area contributed by atoms with Crippen LogP contribution in [0.25, 0.3) is 11.3 Å². The summed E-state index contributed by atoms with van der Waals surface area (Å²) >= 11 is 0. The molecule has 0 radical (unpaired) electrons. The van der Waals surface area contributed by atoms with Crippen LogP contribution in [0.5, 0.6) is 11.6 Å². The molecule has 0 aliphatic carbocycles. The maximum absolute atomic E-state index is 12.7. The topological polar surface area (TPSA) is 85.5 Å². The Balaban J connectivity index is 1.72. The zero-order chi connectivity index (χ0) is 23.2. The third-order valence-corrected chi connectivity index (χ3v) is 5.43. The number of halogens is 3. The lowest BCUT2D eigenvalue weighted by atomic mass is 10.0. The lowest BCUT2D eigenvalue weighted by Gasteiger charge is -2.25. The number of nitrogens with zero attached hydrogens (tertiary/aromatic N) is 5. The minimum absolute atomic E-state index is 0.372. The quantitative estimate of drug-likeness (QED) is 0.634. The van der Waals surface area contributed by atoms with Gasteiger partial charge in [-0.25, -0.2) is 9.97 Å². The summed E-state index contributed by atoms with van der Waals surface area (Å²) in [6, 6.07) is 3.07. The van der Waals surface area contributed by atoms with Gasteiger partial charge >= 0.3 is 6.18 Å². The van der Waals surface area contributed by atoms with Crippen LogP contribution in [0, 0.1) is 6.92 Å². The van der Waals surface area contributed by atoms with E-state index in [-0.39, 0.29) is 0 Å². The van der Waals surface area contributed by atoms with E-state index >= 15 is 0 Å². The summed E-state index contributed by atoms with van der Waals surface area (Å²) in [5, 5.41) is 14.8. The first-order valence-corrected chi connectivity index (χ1v) is 9.78. The molecule has 4 heterocycles. The number of aromatic nitrogens is 4. The van der Waals surface area contributed by atoms with Crippen LogP contribution in [0.15, 0.2) is 30.7 Å². The highest BCUT2D eigenvalue weighted by molar-refractivity contribution is 5.69. The van der Waals surface area contributed by atoms with Crippen molar-refractivity contribution in [2.45, 2.75) is 38.8 Å². The molecule has 4 rings (SSSR count). The average molecular weight is 449 g/mol. The highest BCUT2D eigenvalue weighted by atomic mass is 19.4. The van der Waals surface area contributed by atoms with Gasteiger partial charge in [-0.3, -0.25) is 4.68 Å². The van der Waals surface area contributed by atoms with Crippen molar-refractivity contribution in [3.8, 4) is 22.9 Å². The summed E-state index contributed by atoms with van der Waals surface area (Å²) < 4.78 is 49.5. The van der Waals surface area contributed by atoms with Crippen molar-refractivity contribution in [2.24, 2.45) is 0 Å². The molecule has 32 heavy (non-hydrogen) atoms. The zero-order valence-electron chi connectivity index (χ0n) is 17.9. The molecule has 8 nitrogen and oxygen atoms in total. The van der Waals surface area contributed by atoms with Crippen molar-refractivity contribution in [2.75, 3.05) is 19.1 Å². The van der Waals surface area contributed by atoms with E-state index in [4.69, 9.17) is 14.5 Å². The molecule has 2 atom stereocenters. The van der Waals surface area contributed by atoms with Crippen LogP contribution in [0.3, 0.4) is 0 Å². The Kier molecular flexibility index (Phi) is 5.45. The molecular weight excluding hydrogens is 427 g/mol. The molecule has 1 aliphatic heterocycles. The van der Waals surface area contributed by atoms with Gasteiger partial charge in [0.25, 0.3) is 0 Å². The van der Waals surface area contributed by atoms with Crippen molar-refractivity contribution in [3.05, 3.63) is 47.5 Å². The maximum Gasteiger partial charge on any atom is 0.408 e. The molecule has 0 amide bonds. The summed E-state index contributed by atoms with van der Waals surface area (Å²) in [4.78, 5) is 10.6. The van der Waals surface area contributed by atoms with Gasteiger partial charge in [-0.1, -0.05) is 0 Å². The van der Waals surface area contributed by atoms with Crippen LogP contribution >= 0.6 is 0 Å². The summed E-state index contributed by atoms with van der Waals surface area (Å²) in [5.41, 5.74) is 3.64. The number of pyridine rings is 2. The number of fused-ring (bicyclic) bond motifs is 1. The molecule has 0 saturated carbocycles. The maximum atomic E-state index is 12.7. The van der Waals surface area contributed by atoms with E-state index in [0.717, 1.165) is 10.2 Å². The predicted octanol–water partition coefficient (Wildman–Crippen LogP) is 3.80. The van der Waals surface area contributed by atoms with E-state index in [2.05, 4.69) is 10.1 Å². The van der Waals surface area contributed by atoms with E-state index < -0.39 is 25.0 Å². The molecule has 2 unspecified atom stereocenters. The molecule has 3 aromatic rings. The van der Waals surface area contributed by atoms with E-state index in [1.807, 2.05) is 19.9 Å². The summed E-state index contributed by atoms with van der Waals surface area (Å²) in [6.07, 6.45) is -1.28. The number of anilines is 1. The summed E-state index contributed by atoms with van der Waals surface area (Å²) in [6.45, 7) is 2.47. The molecule has 1 aliphatic rings. The SMILES string of the molecule is COc1cc(OC)c(-c2cc(C)c3c(n2)C(C)N(c2cnn(CC(F)(F)F)c2)C3O)cn1. The summed E-state index contributed by atoms with van der Waals surface area (Å²) in [5.74, 6) is 0.925. The molecule has 0 saturated heterocycles. The predicted molar refractivity (Wildman–Crippen MR) is 109 cm³/mol. The molecule has 11 heteroatoms. The number of aliphatic hydroxyl groups excluding tert-OH is 1. The fourth-order valence-electron chi connectivity index (χ4n) is 3.99. The minimum atomic E-state index is -4.39. The van der Waals surface area contributed by atoms with Crippen LogP contribution in [0.2, 0.25) is 0 Å². The van der Waals surface area contributed by atoms with E-state index in [9.17, 15) is 18.3 Å². The number of alkyl halides is 3. The van der Waals surface area contributed by atoms with Gasteiger partial charge in [-0.05, 0) is 25.5 Å².